The van der Waals surface area contributed by atoms with Crippen molar-refractivity contribution in [2.45, 2.75) is 11.8 Å². The van der Waals surface area contributed by atoms with Gasteiger partial charge >= 0.3 is 0 Å². The van der Waals surface area contributed by atoms with E-state index in [1.165, 1.54) is 12.1 Å². The number of rotatable bonds is 6. The summed E-state index contributed by atoms with van der Waals surface area (Å²) in [6.45, 7) is 5.56. The minimum Gasteiger partial charge on any atom is -0.298 e. The number of hydrogen-bond acceptors (Lipinski definition) is 3. The molecule has 0 atom stereocenters. The number of ketones is 1. The smallest absolute Gasteiger partial charge is 0.185 e. The first-order valence-corrected chi connectivity index (χ1v) is 6.53. The maximum Gasteiger partial charge on any atom is 0.185 e. The summed E-state index contributed by atoms with van der Waals surface area (Å²) in [5, 5.41) is 0. The minimum absolute atomic E-state index is 0.172. The predicted molar refractivity (Wildman–Crippen MR) is 86.6 cm³/mol. The topological polar surface area (TPSA) is 34.1 Å². The molecule has 0 aromatic heterocycles. The molecule has 0 saturated heterocycles. The van der Waals surface area contributed by atoms with E-state index in [1.54, 1.807) is 24.3 Å². The fourth-order valence-corrected chi connectivity index (χ4v) is 1.82. The number of carbonyl (C=O) groups excluding carboxylic acids is 2. The number of thiol groups is 1. The molecule has 0 amide bonds. The lowest BCUT2D eigenvalue weighted by molar-refractivity contribution is 0.104. The molecule has 0 radical (unpaired) electrons. The van der Waals surface area contributed by atoms with Crippen LogP contribution in [0.4, 0.5) is 0 Å². The third-order valence-corrected chi connectivity index (χ3v) is 3.09. The number of aldehydes is 1. The van der Waals surface area contributed by atoms with Gasteiger partial charge in [0, 0.05) is 16.0 Å². The molecule has 0 saturated carbocycles. The molecular formula is C17H16O2S. The van der Waals surface area contributed by atoms with E-state index in [9.17, 15) is 9.59 Å². The summed E-state index contributed by atoms with van der Waals surface area (Å²) in [5.41, 5.74) is 1.49. The van der Waals surface area contributed by atoms with E-state index in [-0.39, 0.29) is 5.78 Å². The lowest BCUT2D eigenvalue weighted by Gasteiger charge is -2.05. The normalized spacial score (nSPS) is 11.5. The number of benzene rings is 1. The highest BCUT2D eigenvalue weighted by molar-refractivity contribution is 7.80. The Hall–Kier alpha value is -2.13. The molecule has 0 spiro atoms. The van der Waals surface area contributed by atoms with E-state index in [2.05, 4.69) is 19.2 Å². The van der Waals surface area contributed by atoms with Crippen molar-refractivity contribution >= 4 is 30.8 Å². The van der Waals surface area contributed by atoms with Crippen LogP contribution in [0, 0.1) is 0 Å². The van der Waals surface area contributed by atoms with Gasteiger partial charge in [-0.2, -0.15) is 0 Å². The van der Waals surface area contributed by atoms with Crippen LogP contribution in [0.2, 0.25) is 0 Å². The van der Waals surface area contributed by atoms with Gasteiger partial charge in [0.2, 0.25) is 0 Å². The zero-order valence-corrected chi connectivity index (χ0v) is 12.1. The Morgan fingerprint density at radius 1 is 1.15 bits per heavy atom. The minimum atomic E-state index is -0.172. The summed E-state index contributed by atoms with van der Waals surface area (Å²) in [4.78, 5) is 23.5. The van der Waals surface area contributed by atoms with Gasteiger partial charge in [0.1, 0.15) is 0 Å². The fourth-order valence-electron chi connectivity index (χ4n) is 1.55. The van der Waals surface area contributed by atoms with E-state index in [1.807, 2.05) is 25.2 Å². The van der Waals surface area contributed by atoms with Gasteiger partial charge in [0.15, 0.2) is 12.1 Å². The SMILES string of the molecule is C=Cc1cc(C(=O)/C=C/C=C/C=C/C)cc(C=O)c1S. The number of carbonyl (C=O) groups is 2. The fraction of sp³-hybridized carbons (Fsp3) is 0.0588. The first kappa shape index (κ1) is 15.9. The van der Waals surface area contributed by atoms with E-state index in [4.69, 9.17) is 0 Å². The highest BCUT2D eigenvalue weighted by Gasteiger charge is 2.09. The summed E-state index contributed by atoms with van der Waals surface area (Å²) in [7, 11) is 0. The molecule has 1 aromatic carbocycles. The van der Waals surface area contributed by atoms with E-state index < -0.39 is 0 Å². The zero-order chi connectivity index (χ0) is 15.0. The average molecular weight is 284 g/mol. The summed E-state index contributed by atoms with van der Waals surface area (Å²) < 4.78 is 0. The highest BCUT2D eigenvalue weighted by atomic mass is 32.1. The van der Waals surface area contributed by atoms with Crippen LogP contribution in [0.25, 0.3) is 6.08 Å². The monoisotopic (exact) mass is 284 g/mol. The van der Waals surface area contributed by atoms with E-state index in [0.29, 0.717) is 27.9 Å². The molecule has 0 N–H and O–H groups in total. The van der Waals surface area contributed by atoms with Crippen LogP contribution in [-0.2, 0) is 0 Å². The molecule has 0 aliphatic heterocycles. The van der Waals surface area contributed by atoms with Crippen LogP contribution in [0.5, 0.6) is 0 Å². The summed E-state index contributed by atoms with van der Waals surface area (Å²) in [6, 6.07) is 3.20. The van der Waals surface area contributed by atoms with Crippen LogP contribution in [0.15, 0.2) is 60.1 Å². The van der Waals surface area contributed by atoms with Crippen molar-refractivity contribution in [1.82, 2.24) is 0 Å². The Balaban J connectivity index is 3.04. The molecule has 1 aromatic rings. The van der Waals surface area contributed by atoms with Gasteiger partial charge in [0.25, 0.3) is 0 Å². The molecule has 0 heterocycles. The van der Waals surface area contributed by atoms with Gasteiger partial charge in [-0.1, -0.05) is 43.0 Å². The maximum atomic E-state index is 12.0. The van der Waals surface area contributed by atoms with Gasteiger partial charge in [-0.3, -0.25) is 9.59 Å². The predicted octanol–water partition coefficient (Wildman–Crippen LogP) is 4.30. The molecule has 0 aliphatic carbocycles. The molecular weight excluding hydrogens is 268 g/mol. The first-order valence-electron chi connectivity index (χ1n) is 6.09. The van der Waals surface area contributed by atoms with Gasteiger partial charge < -0.3 is 0 Å². The number of allylic oxidation sites excluding steroid dienone is 6. The van der Waals surface area contributed by atoms with E-state index >= 15 is 0 Å². The van der Waals surface area contributed by atoms with Crippen LogP contribution in [0.1, 0.15) is 33.2 Å². The average Bonchev–Trinajstić information content (AvgIpc) is 2.47. The first-order chi connectivity index (χ1) is 9.63. The van der Waals surface area contributed by atoms with Crippen molar-refractivity contribution in [1.29, 1.82) is 0 Å². The van der Waals surface area contributed by atoms with Crippen molar-refractivity contribution in [2.75, 3.05) is 0 Å². The van der Waals surface area contributed by atoms with Crippen LogP contribution < -0.4 is 0 Å². The van der Waals surface area contributed by atoms with Crippen LogP contribution >= 0.6 is 12.6 Å². The summed E-state index contributed by atoms with van der Waals surface area (Å²) in [6.07, 6.45) is 12.7. The second kappa shape index (κ2) is 8.12. The molecule has 1 rings (SSSR count). The van der Waals surface area contributed by atoms with E-state index in [0.717, 1.165) is 0 Å². The molecule has 102 valence electrons. The molecule has 0 unspecified atom stereocenters. The quantitative estimate of drug-likeness (QED) is 0.278. The Kier molecular flexibility index (Phi) is 6.47. The second-order valence-corrected chi connectivity index (χ2v) is 4.41. The van der Waals surface area contributed by atoms with Gasteiger partial charge in [-0.25, -0.2) is 0 Å². The van der Waals surface area contributed by atoms with Crippen molar-refractivity contribution in [3.8, 4) is 0 Å². The lowest BCUT2D eigenvalue weighted by atomic mass is 10.0. The lowest BCUT2D eigenvalue weighted by Crippen LogP contribution is -1.98. The van der Waals surface area contributed by atoms with Crippen LogP contribution in [0.3, 0.4) is 0 Å². The third-order valence-electron chi connectivity index (χ3n) is 2.57. The van der Waals surface area contributed by atoms with Crippen LogP contribution in [-0.4, -0.2) is 12.1 Å². The van der Waals surface area contributed by atoms with Gasteiger partial charge in [0.05, 0.1) is 0 Å². The van der Waals surface area contributed by atoms with Gasteiger partial charge in [-0.15, -0.1) is 12.6 Å². The number of hydrogen-bond donors (Lipinski definition) is 1. The zero-order valence-electron chi connectivity index (χ0n) is 11.2. The Bertz CT molecular complexity index is 578. The molecule has 3 heteroatoms. The molecule has 0 fully saturated rings. The van der Waals surface area contributed by atoms with Crippen molar-refractivity contribution < 1.29 is 9.59 Å². The van der Waals surface area contributed by atoms with Gasteiger partial charge in [-0.05, 0) is 30.7 Å². The standard InChI is InChI=1S/C17H16O2S/c1-3-5-6-7-8-9-16(19)14-10-13(4-2)17(20)15(11-14)12-18/h3-12,20H,2H2,1H3/b5-3+,7-6+,9-8+. The van der Waals surface area contributed by atoms with Crippen molar-refractivity contribution in [3.05, 3.63) is 71.9 Å². The van der Waals surface area contributed by atoms with Crippen molar-refractivity contribution in [3.63, 3.8) is 0 Å². The second-order valence-electron chi connectivity index (χ2n) is 3.96. The largest absolute Gasteiger partial charge is 0.298 e. The summed E-state index contributed by atoms with van der Waals surface area (Å²) >= 11 is 4.25. The molecule has 20 heavy (non-hydrogen) atoms. The van der Waals surface area contributed by atoms with Crippen molar-refractivity contribution in [2.24, 2.45) is 0 Å². The summed E-state index contributed by atoms with van der Waals surface area (Å²) in [5.74, 6) is -0.172. The molecule has 0 bridgehead atoms. The Morgan fingerprint density at radius 2 is 1.80 bits per heavy atom. The Morgan fingerprint density at radius 3 is 2.40 bits per heavy atom. The molecule has 2 nitrogen and oxygen atoms in total. The third kappa shape index (κ3) is 4.21. The molecule has 0 aliphatic rings. The Labute approximate surface area is 124 Å². The highest BCUT2D eigenvalue weighted by Crippen LogP contribution is 2.22. The maximum absolute atomic E-state index is 12.0.